The van der Waals surface area contributed by atoms with E-state index in [2.05, 4.69) is 38.1 Å². The Hall–Kier alpha value is -2.57. The highest BCUT2D eigenvalue weighted by Crippen LogP contribution is 2.47. The maximum Gasteiger partial charge on any atom is 0.263 e. The van der Waals surface area contributed by atoms with Gasteiger partial charge >= 0.3 is 0 Å². The number of aromatic nitrogens is 4. The molecule has 24 heavy (non-hydrogen) atoms. The number of anilines is 1. The Labute approximate surface area is 138 Å². The van der Waals surface area contributed by atoms with Gasteiger partial charge in [0.15, 0.2) is 5.65 Å². The topological polar surface area (TPSA) is 90.8 Å². The van der Waals surface area contributed by atoms with Crippen LogP contribution in [0.2, 0.25) is 0 Å². The van der Waals surface area contributed by atoms with Crippen molar-refractivity contribution in [2.24, 2.45) is 5.92 Å². The highest BCUT2D eigenvalue weighted by molar-refractivity contribution is 5.73. The molecule has 7 nitrogen and oxygen atoms in total. The molecule has 124 valence electrons. The maximum absolute atomic E-state index is 12.2. The van der Waals surface area contributed by atoms with Gasteiger partial charge in [-0.15, -0.1) is 0 Å². The third-order valence-corrected chi connectivity index (χ3v) is 5.05. The minimum Gasteiger partial charge on any atom is -0.464 e. The van der Waals surface area contributed by atoms with E-state index in [1.54, 1.807) is 0 Å². The fourth-order valence-electron chi connectivity index (χ4n) is 3.30. The molecule has 2 N–H and O–H groups in total. The van der Waals surface area contributed by atoms with Crippen molar-refractivity contribution in [3.05, 3.63) is 40.2 Å². The zero-order chi connectivity index (χ0) is 16.3. The molecule has 2 aliphatic carbocycles. The third kappa shape index (κ3) is 2.31. The average Bonchev–Trinajstić information content (AvgIpc) is 3.43. The van der Waals surface area contributed by atoms with Crippen LogP contribution < -0.4 is 10.5 Å². The molecule has 0 aliphatic heterocycles. The number of furan rings is 1. The van der Waals surface area contributed by atoms with Crippen LogP contribution in [0.4, 0.5) is 5.95 Å². The molecule has 0 radical (unpaired) electrons. The lowest BCUT2D eigenvalue weighted by molar-refractivity contribution is 0.455. The zero-order valence-electron chi connectivity index (χ0n) is 13.5. The molecule has 2 atom stereocenters. The van der Waals surface area contributed by atoms with Crippen LogP contribution in [-0.4, -0.2) is 26.2 Å². The van der Waals surface area contributed by atoms with Crippen LogP contribution in [-0.2, 0) is 6.54 Å². The van der Waals surface area contributed by atoms with E-state index in [1.807, 2.05) is 6.07 Å². The van der Waals surface area contributed by atoms with E-state index >= 15 is 0 Å². The summed E-state index contributed by atoms with van der Waals surface area (Å²) >= 11 is 0. The second-order valence-corrected chi connectivity index (χ2v) is 7.00. The Morgan fingerprint density at radius 2 is 2.21 bits per heavy atom. The molecule has 2 aliphatic rings. The van der Waals surface area contributed by atoms with Crippen molar-refractivity contribution in [1.82, 2.24) is 20.2 Å². The monoisotopic (exact) mass is 325 g/mol. The summed E-state index contributed by atoms with van der Waals surface area (Å²) in [6, 6.07) is 4.53. The van der Waals surface area contributed by atoms with Gasteiger partial charge in [0.2, 0.25) is 5.95 Å². The molecular formula is C17H19N5O2. The van der Waals surface area contributed by atoms with Crippen molar-refractivity contribution in [3.63, 3.8) is 0 Å². The number of hydrogen-bond donors (Lipinski definition) is 2. The normalized spacial score (nSPS) is 22.9. The van der Waals surface area contributed by atoms with E-state index in [9.17, 15) is 4.79 Å². The van der Waals surface area contributed by atoms with Gasteiger partial charge in [0, 0.05) is 12.0 Å². The van der Waals surface area contributed by atoms with Gasteiger partial charge in [-0.1, -0.05) is 6.92 Å². The first-order valence-corrected chi connectivity index (χ1v) is 8.47. The summed E-state index contributed by atoms with van der Waals surface area (Å²) in [6.07, 6.45) is 4.93. The number of rotatable bonds is 5. The van der Waals surface area contributed by atoms with Crippen LogP contribution in [0.1, 0.15) is 43.6 Å². The van der Waals surface area contributed by atoms with Gasteiger partial charge in [-0.3, -0.25) is 14.9 Å². The largest absolute Gasteiger partial charge is 0.464 e. The lowest BCUT2D eigenvalue weighted by atomic mass is 10.3. The molecule has 0 aromatic carbocycles. The maximum atomic E-state index is 12.2. The number of fused-ring (bicyclic) bond motifs is 1. The number of hydrogen-bond acceptors (Lipinski definition) is 5. The summed E-state index contributed by atoms with van der Waals surface area (Å²) in [5.41, 5.74) is 0.354. The van der Waals surface area contributed by atoms with E-state index in [1.165, 1.54) is 12.6 Å². The average molecular weight is 325 g/mol. The predicted molar refractivity (Wildman–Crippen MR) is 88.9 cm³/mol. The molecule has 7 heteroatoms. The minimum atomic E-state index is -0.165. The predicted octanol–water partition coefficient (Wildman–Crippen LogP) is 2.53. The van der Waals surface area contributed by atoms with E-state index in [0.717, 1.165) is 30.3 Å². The second kappa shape index (κ2) is 4.96. The zero-order valence-corrected chi connectivity index (χ0v) is 13.5. The molecular weight excluding hydrogens is 306 g/mol. The first-order valence-electron chi connectivity index (χ1n) is 8.47. The lowest BCUT2D eigenvalue weighted by Crippen LogP contribution is -2.29. The molecule has 3 heterocycles. The molecule has 0 amide bonds. The minimum absolute atomic E-state index is 0.165. The van der Waals surface area contributed by atoms with Gasteiger partial charge in [0.1, 0.15) is 16.9 Å². The Morgan fingerprint density at radius 1 is 1.38 bits per heavy atom. The van der Waals surface area contributed by atoms with Gasteiger partial charge in [-0.05, 0) is 37.3 Å². The summed E-state index contributed by atoms with van der Waals surface area (Å²) in [6.45, 7) is 2.87. The van der Waals surface area contributed by atoms with Crippen molar-refractivity contribution >= 4 is 17.0 Å². The Kier molecular flexibility index (Phi) is 2.86. The van der Waals surface area contributed by atoms with Crippen LogP contribution in [0.15, 0.2) is 27.5 Å². The molecule has 3 aromatic heterocycles. The number of nitrogens with zero attached hydrogens (tertiary/aromatic N) is 3. The van der Waals surface area contributed by atoms with E-state index < -0.39 is 0 Å². The Balaban J connectivity index is 1.46. The van der Waals surface area contributed by atoms with Crippen LogP contribution in [0.3, 0.4) is 0 Å². The van der Waals surface area contributed by atoms with E-state index in [0.29, 0.717) is 35.5 Å². The van der Waals surface area contributed by atoms with Crippen molar-refractivity contribution in [2.75, 3.05) is 4.90 Å². The van der Waals surface area contributed by atoms with Gasteiger partial charge in [0.25, 0.3) is 5.56 Å². The molecule has 0 saturated heterocycles. The summed E-state index contributed by atoms with van der Waals surface area (Å²) in [5, 5.41) is 7.16. The molecule has 5 rings (SSSR count). The summed E-state index contributed by atoms with van der Waals surface area (Å²) in [4.78, 5) is 21.7. The van der Waals surface area contributed by atoms with Crippen LogP contribution in [0, 0.1) is 5.92 Å². The summed E-state index contributed by atoms with van der Waals surface area (Å²) < 4.78 is 6.03. The van der Waals surface area contributed by atoms with E-state index in [4.69, 9.17) is 4.42 Å². The molecule has 0 unspecified atom stereocenters. The fourth-order valence-corrected chi connectivity index (χ4v) is 3.30. The lowest BCUT2D eigenvalue weighted by Gasteiger charge is -2.21. The summed E-state index contributed by atoms with van der Waals surface area (Å²) in [5.74, 6) is 3.89. The van der Waals surface area contributed by atoms with E-state index in [-0.39, 0.29) is 5.56 Å². The second-order valence-electron chi connectivity index (χ2n) is 7.00. The molecule has 0 bridgehead atoms. The van der Waals surface area contributed by atoms with Crippen LogP contribution in [0.5, 0.6) is 0 Å². The quantitative estimate of drug-likeness (QED) is 0.752. The van der Waals surface area contributed by atoms with Crippen molar-refractivity contribution in [1.29, 1.82) is 0 Å². The summed E-state index contributed by atoms with van der Waals surface area (Å²) in [7, 11) is 0. The van der Waals surface area contributed by atoms with Gasteiger partial charge in [-0.25, -0.2) is 0 Å². The van der Waals surface area contributed by atoms with Crippen LogP contribution in [0.25, 0.3) is 11.0 Å². The smallest absolute Gasteiger partial charge is 0.263 e. The van der Waals surface area contributed by atoms with Crippen molar-refractivity contribution in [2.45, 2.75) is 44.7 Å². The Morgan fingerprint density at radius 3 is 2.96 bits per heavy atom. The third-order valence-electron chi connectivity index (χ3n) is 5.05. The molecule has 3 aromatic rings. The molecule has 2 fully saturated rings. The van der Waals surface area contributed by atoms with Crippen LogP contribution >= 0.6 is 0 Å². The standard InChI is InChI=1S/C17H19N5O2/c1-9-6-12(9)14-5-4-11(24-14)8-22(10-2-3-10)17-19-15-13(7-18-21-15)16(23)20-17/h4-5,7,9-10,12H,2-3,6,8H2,1H3,(H2,18,19,20,21,23)/t9-,12-/m1/s1. The van der Waals surface area contributed by atoms with Crippen molar-refractivity contribution in [3.8, 4) is 0 Å². The molecule has 2 saturated carbocycles. The fraction of sp³-hybridized carbons (Fsp3) is 0.471. The van der Waals surface area contributed by atoms with Gasteiger partial charge in [0.05, 0.1) is 12.7 Å². The Bertz CT molecular complexity index is 951. The number of H-pyrrole nitrogens is 2. The SMILES string of the molecule is C[C@@H]1C[C@H]1c1ccc(CN(c2nc3[nH]ncc3c(=O)[nH]2)C2CC2)o1. The first-order chi connectivity index (χ1) is 11.7. The number of aromatic amines is 2. The first kappa shape index (κ1) is 13.8. The highest BCUT2D eigenvalue weighted by atomic mass is 16.3. The van der Waals surface area contributed by atoms with Gasteiger partial charge < -0.3 is 9.32 Å². The van der Waals surface area contributed by atoms with Gasteiger partial charge in [-0.2, -0.15) is 10.1 Å². The van der Waals surface area contributed by atoms with Crippen molar-refractivity contribution < 1.29 is 4.42 Å². The molecule has 0 spiro atoms. The number of nitrogens with one attached hydrogen (secondary N) is 2. The highest BCUT2D eigenvalue weighted by Gasteiger charge is 2.37.